The molecule has 3 rings (SSSR count). The third-order valence-corrected chi connectivity index (χ3v) is 5.26. The molecular formula is C24H26N2O5. The molecule has 0 spiro atoms. The van der Waals surface area contributed by atoms with Gasteiger partial charge < -0.3 is 9.64 Å². The van der Waals surface area contributed by atoms with E-state index in [-0.39, 0.29) is 43.8 Å². The van der Waals surface area contributed by atoms with Gasteiger partial charge in [-0.3, -0.25) is 19.3 Å². The Labute approximate surface area is 181 Å². The number of esters is 1. The summed E-state index contributed by atoms with van der Waals surface area (Å²) in [5.74, 6) is -1.38. The lowest BCUT2D eigenvalue weighted by atomic mass is 10.1. The fourth-order valence-electron chi connectivity index (χ4n) is 3.59. The first-order valence-corrected chi connectivity index (χ1v) is 10.4. The van der Waals surface area contributed by atoms with Crippen LogP contribution in [-0.2, 0) is 20.9 Å². The van der Waals surface area contributed by atoms with E-state index in [0.29, 0.717) is 17.5 Å². The number of fused-ring (bicyclic) bond motifs is 1. The number of ether oxygens (including phenoxy) is 1. The highest BCUT2D eigenvalue weighted by Gasteiger charge is 2.35. The van der Waals surface area contributed by atoms with Gasteiger partial charge in [0.05, 0.1) is 17.7 Å². The lowest BCUT2D eigenvalue weighted by molar-refractivity contribution is -0.154. The molecule has 2 aromatic carbocycles. The smallest absolute Gasteiger partial charge is 0.328 e. The number of rotatable bonds is 9. The molecule has 1 atom stereocenters. The Hall–Kier alpha value is -3.48. The van der Waals surface area contributed by atoms with E-state index in [9.17, 15) is 19.2 Å². The van der Waals surface area contributed by atoms with E-state index >= 15 is 0 Å². The molecule has 31 heavy (non-hydrogen) atoms. The minimum absolute atomic E-state index is 0.101. The largest absolute Gasteiger partial charge is 0.464 e. The fraction of sp³-hybridized carbons (Fsp3) is 0.333. The van der Waals surface area contributed by atoms with Gasteiger partial charge in [0, 0.05) is 19.5 Å². The maximum atomic E-state index is 13.0. The molecule has 0 radical (unpaired) electrons. The highest BCUT2D eigenvalue weighted by atomic mass is 16.5. The average molecular weight is 422 g/mol. The molecule has 1 unspecified atom stereocenters. The standard InChI is InChI=1S/C24H26N2O5/c1-3-31-24(30)17(2)26(16-18-10-5-4-6-11-18)21(27)14-9-15-25-22(28)19-12-7-8-13-20(19)23(25)29/h4-8,10-13,17H,3,9,14-16H2,1-2H3. The number of nitrogens with zero attached hydrogens (tertiary/aromatic N) is 2. The maximum Gasteiger partial charge on any atom is 0.328 e. The van der Waals surface area contributed by atoms with E-state index in [1.54, 1.807) is 38.1 Å². The molecule has 1 aliphatic rings. The number of carbonyl (C=O) groups is 4. The van der Waals surface area contributed by atoms with Gasteiger partial charge in [-0.2, -0.15) is 0 Å². The first-order chi connectivity index (χ1) is 14.9. The normalized spacial score (nSPS) is 13.7. The van der Waals surface area contributed by atoms with Crippen LogP contribution in [0.25, 0.3) is 0 Å². The molecule has 0 fully saturated rings. The van der Waals surface area contributed by atoms with Gasteiger partial charge in [-0.25, -0.2) is 4.79 Å². The number of hydrogen-bond donors (Lipinski definition) is 0. The van der Waals surface area contributed by atoms with Crippen LogP contribution in [-0.4, -0.2) is 52.7 Å². The second kappa shape index (κ2) is 10.0. The summed E-state index contributed by atoms with van der Waals surface area (Å²) in [6.45, 7) is 4.01. The predicted octanol–water partition coefficient (Wildman–Crippen LogP) is 3.04. The van der Waals surface area contributed by atoms with Gasteiger partial charge in [-0.05, 0) is 38.0 Å². The van der Waals surface area contributed by atoms with Crippen molar-refractivity contribution >= 4 is 23.7 Å². The molecule has 0 saturated heterocycles. The number of carbonyl (C=O) groups excluding carboxylic acids is 4. The van der Waals surface area contributed by atoms with Gasteiger partial charge in [0.15, 0.2) is 0 Å². The van der Waals surface area contributed by atoms with Crippen LogP contribution in [0.4, 0.5) is 0 Å². The van der Waals surface area contributed by atoms with Gasteiger partial charge in [0.2, 0.25) is 5.91 Å². The molecule has 162 valence electrons. The van der Waals surface area contributed by atoms with E-state index in [1.807, 2.05) is 30.3 Å². The molecule has 0 N–H and O–H groups in total. The second-order valence-electron chi connectivity index (χ2n) is 7.35. The topological polar surface area (TPSA) is 84.0 Å². The molecule has 0 bridgehead atoms. The quantitative estimate of drug-likeness (QED) is 0.458. The highest BCUT2D eigenvalue weighted by molar-refractivity contribution is 6.21. The zero-order valence-electron chi connectivity index (χ0n) is 17.7. The second-order valence-corrected chi connectivity index (χ2v) is 7.35. The van der Waals surface area contributed by atoms with E-state index < -0.39 is 12.0 Å². The Morgan fingerprint density at radius 2 is 1.55 bits per heavy atom. The summed E-state index contributed by atoms with van der Waals surface area (Å²) in [4.78, 5) is 52.9. The van der Waals surface area contributed by atoms with Crippen LogP contribution >= 0.6 is 0 Å². The van der Waals surface area contributed by atoms with Gasteiger partial charge in [-0.1, -0.05) is 42.5 Å². The van der Waals surface area contributed by atoms with Crippen LogP contribution in [0, 0.1) is 0 Å². The summed E-state index contributed by atoms with van der Waals surface area (Å²) >= 11 is 0. The minimum atomic E-state index is -0.744. The third-order valence-electron chi connectivity index (χ3n) is 5.26. The first kappa shape index (κ1) is 22.2. The van der Waals surface area contributed by atoms with Gasteiger partial charge in [0.25, 0.3) is 11.8 Å². The van der Waals surface area contributed by atoms with E-state index in [4.69, 9.17) is 4.74 Å². The molecule has 0 saturated carbocycles. The average Bonchev–Trinajstić information content (AvgIpc) is 3.03. The zero-order chi connectivity index (χ0) is 22.4. The molecule has 7 nitrogen and oxygen atoms in total. The van der Waals surface area contributed by atoms with Crippen LogP contribution in [0.3, 0.4) is 0 Å². The summed E-state index contributed by atoms with van der Waals surface area (Å²) in [6, 6.07) is 15.3. The van der Waals surface area contributed by atoms with Crippen molar-refractivity contribution in [3.8, 4) is 0 Å². The number of amides is 3. The van der Waals surface area contributed by atoms with Crippen molar-refractivity contribution in [3.63, 3.8) is 0 Å². The summed E-state index contributed by atoms with van der Waals surface area (Å²) in [6.07, 6.45) is 0.412. The monoisotopic (exact) mass is 422 g/mol. The van der Waals surface area contributed by atoms with Crippen LogP contribution < -0.4 is 0 Å². The number of hydrogen-bond acceptors (Lipinski definition) is 5. The molecule has 1 aliphatic heterocycles. The molecular weight excluding hydrogens is 396 g/mol. The van der Waals surface area contributed by atoms with Crippen molar-refractivity contribution < 1.29 is 23.9 Å². The molecule has 7 heteroatoms. The Morgan fingerprint density at radius 3 is 2.13 bits per heavy atom. The van der Waals surface area contributed by atoms with Gasteiger partial charge in [-0.15, -0.1) is 0 Å². The zero-order valence-corrected chi connectivity index (χ0v) is 17.7. The van der Waals surface area contributed by atoms with Crippen LogP contribution in [0.2, 0.25) is 0 Å². The lowest BCUT2D eigenvalue weighted by Crippen LogP contribution is -2.43. The molecule has 1 heterocycles. The summed E-state index contributed by atoms with van der Waals surface area (Å²) in [7, 11) is 0. The van der Waals surface area contributed by atoms with Crippen molar-refractivity contribution in [3.05, 3.63) is 71.3 Å². The van der Waals surface area contributed by atoms with Crippen molar-refractivity contribution in [1.82, 2.24) is 9.80 Å². The van der Waals surface area contributed by atoms with Crippen molar-refractivity contribution in [2.24, 2.45) is 0 Å². The van der Waals surface area contributed by atoms with Crippen LogP contribution in [0.5, 0.6) is 0 Å². The Morgan fingerprint density at radius 1 is 0.968 bits per heavy atom. The molecule has 3 amide bonds. The summed E-state index contributed by atoms with van der Waals surface area (Å²) < 4.78 is 5.09. The van der Waals surface area contributed by atoms with Gasteiger partial charge >= 0.3 is 5.97 Å². The first-order valence-electron chi connectivity index (χ1n) is 10.4. The maximum absolute atomic E-state index is 13.0. The Kier molecular flexibility index (Phi) is 7.18. The third kappa shape index (κ3) is 4.99. The summed E-state index contributed by atoms with van der Waals surface area (Å²) in [5.41, 5.74) is 1.67. The summed E-state index contributed by atoms with van der Waals surface area (Å²) in [5, 5.41) is 0. The van der Waals surface area contributed by atoms with E-state index in [2.05, 4.69) is 0 Å². The number of imide groups is 1. The molecule has 0 aliphatic carbocycles. The van der Waals surface area contributed by atoms with Crippen LogP contribution in [0.1, 0.15) is 53.0 Å². The van der Waals surface area contributed by atoms with Crippen LogP contribution in [0.15, 0.2) is 54.6 Å². The lowest BCUT2D eigenvalue weighted by Gasteiger charge is -2.28. The Balaban J connectivity index is 1.64. The Bertz CT molecular complexity index is 938. The van der Waals surface area contributed by atoms with E-state index in [1.165, 1.54) is 9.80 Å². The van der Waals surface area contributed by atoms with E-state index in [0.717, 1.165) is 5.56 Å². The molecule has 0 aromatic heterocycles. The van der Waals surface area contributed by atoms with Crippen molar-refractivity contribution in [1.29, 1.82) is 0 Å². The predicted molar refractivity (Wildman–Crippen MR) is 114 cm³/mol. The van der Waals surface area contributed by atoms with Crippen molar-refractivity contribution in [2.75, 3.05) is 13.2 Å². The number of benzene rings is 2. The van der Waals surface area contributed by atoms with Gasteiger partial charge in [0.1, 0.15) is 6.04 Å². The SMILES string of the molecule is CCOC(=O)C(C)N(Cc1ccccc1)C(=O)CCCN1C(=O)c2ccccc2C1=O. The highest BCUT2D eigenvalue weighted by Crippen LogP contribution is 2.23. The fourth-order valence-corrected chi connectivity index (χ4v) is 3.59. The van der Waals surface area contributed by atoms with Crippen molar-refractivity contribution in [2.45, 2.75) is 39.3 Å². The molecule has 2 aromatic rings. The minimum Gasteiger partial charge on any atom is -0.464 e.